The van der Waals surface area contributed by atoms with Gasteiger partial charge < -0.3 is 4.74 Å². The lowest BCUT2D eigenvalue weighted by atomic mass is 9.95. The SMILES string of the molecule is CCCCOc1ccc(-c2ccccc2-c2nc3ccccc3n2-c2ccccc2)c2ccc[n+](C)c12. The highest BCUT2D eigenvalue weighted by molar-refractivity contribution is 6.00. The molecule has 0 bridgehead atoms. The van der Waals surface area contributed by atoms with Crippen LogP contribution in [0.1, 0.15) is 19.8 Å². The van der Waals surface area contributed by atoms with Gasteiger partial charge in [-0.3, -0.25) is 4.57 Å². The second kappa shape index (κ2) is 9.90. The van der Waals surface area contributed by atoms with E-state index in [-0.39, 0.29) is 0 Å². The topological polar surface area (TPSA) is 30.9 Å². The van der Waals surface area contributed by atoms with Crippen LogP contribution in [0.5, 0.6) is 5.75 Å². The summed E-state index contributed by atoms with van der Waals surface area (Å²) in [5.74, 6) is 1.85. The molecule has 0 spiro atoms. The number of pyridine rings is 1. The van der Waals surface area contributed by atoms with Crippen molar-refractivity contribution in [3.05, 3.63) is 109 Å². The Labute approximate surface area is 217 Å². The Balaban J connectivity index is 1.59. The van der Waals surface area contributed by atoms with Gasteiger partial charge in [0.05, 0.1) is 23.0 Å². The Morgan fingerprint density at radius 1 is 0.757 bits per heavy atom. The van der Waals surface area contributed by atoms with Crippen molar-refractivity contribution >= 4 is 21.9 Å². The fourth-order valence-corrected chi connectivity index (χ4v) is 5.10. The van der Waals surface area contributed by atoms with E-state index in [0.29, 0.717) is 0 Å². The molecule has 0 atom stereocenters. The zero-order chi connectivity index (χ0) is 25.2. The van der Waals surface area contributed by atoms with Crippen molar-refractivity contribution in [2.24, 2.45) is 7.05 Å². The summed E-state index contributed by atoms with van der Waals surface area (Å²) in [5.41, 5.74) is 7.67. The van der Waals surface area contributed by atoms with Crippen molar-refractivity contribution in [1.29, 1.82) is 0 Å². The van der Waals surface area contributed by atoms with Crippen molar-refractivity contribution in [2.45, 2.75) is 19.8 Å². The molecule has 0 saturated heterocycles. The molecule has 37 heavy (non-hydrogen) atoms. The highest BCUT2D eigenvalue weighted by Crippen LogP contribution is 2.39. The smallest absolute Gasteiger partial charge is 0.255 e. The average molecular weight is 485 g/mol. The Morgan fingerprint density at radius 2 is 1.51 bits per heavy atom. The van der Waals surface area contributed by atoms with Crippen molar-refractivity contribution in [3.8, 4) is 34.0 Å². The number of aryl methyl sites for hydroxylation is 1. The number of fused-ring (bicyclic) bond motifs is 2. The van der Waals surface area contributed by atoms with Crippen LogP contribution in [-0.2, 0) is 7.05 Å². The Morgan fingerprint density at radius 3 is 2.35 bits per heavy atom. The molecule has 0 aliphatic carbocycles. The van der Waals surface area contributed by atoms with Crippen LogP contribution in [0.4, 0.5) is 0 Å². The number of imidazole rings is 1. The fourth-order valence-electron chi connectivity index (χ4n) is 5.10. The molecular weight excluding hydrogens is 454 g/mol. The molecule has 4 heteroatoms. The molecule has 0 aliphatic heterocycles. The molecule has 4 nitrogen and oxygen atoms in total. The van der Waals surface area contributed by atoms with Crippen molar-refractivity contribution in [2.75, 3.05) is 6.61 Å². The zero-order valence-electron chi connectivity index (χ0n) is 21.3. The van der Waals surface area contributed by atoms with E-state index in [0.717, 1.165) is 75.3 Å². The maximum atomic E-state index is 6.23. The van der Waals surface area contributed by atoms with Gasteiger partial charge in [0.15, 0.2) is 11.9 Å². The lowest BCUT2D eigenvalue weighted by Crippen LogP contribution is -2.28. The van der Waals surface area contributed by atoms with Gasteiger partial charge in [0.1, 0.15) is 12.9 Å². The first-order chi connectivity index (χ1) is 18.3. The van der Waals surface area contributed by atoms with Gasteiger partial charge in [-0.1, -0.05) is 67.9 Å². The normalized spacial score (nSPS) is 11.3. The third-order valence-corrected chi connectivity index (χ3v) is 6.89. The third kappa shape index (κ3) is 4.15. The van der Waals surface area contributed by atoms with Crippen molar-refractivity contribution < 1.29 is 9.30 Å². The van der Waals surface area contributed by atoms with E-state index in [2.05, 4.69) is 120 Å². The number of benzene rings is 4. The lowest BCUT2D eigenvalue weighted by molar-refractivity contribution is -0.645. The number of ether oxygens (including phenoxy) is 1. The van der Waals surface area contributed by atoms with E-state index in [1.54, 1.807) is 0 Å². The van der Waals surface area contributed by atoms with Crippen molar-refractivity contribution in [1.82, 2.24) is 9.55 Å². The van der Waals surface area contributed by atoms with Gasteiger partial charge in [-0.2, -0.15) is 4.57 Å². The number of hydrogen-bond acceptors (Lipinski definition) is 2. The molecule has 0 aliphatic rings. The summed E-state index contributed by atoms with van der Waals surface area (Å²) in [6.45, 7) is 2.90. The van der Waals surface area contributed by atoms with Crippen LogP contribution < -0.4 is 9.30 Å². The van der Waals surface area contributed by atoms with Crippen LogP contribution in [0, 0.1) is 0 Å². The van der Waals surface area contributed by atoms with Gasteiger partial charge in [0.25, 0.3) is 5.52 Å². The van der Waals surface area contributed by atoms with Crippen LogP contribution >= 0.6 is 0 Å². The third-order valence-electron chi connectivity index (χ3n) is 6.89. The number of hydrogen-bond donors (Lipinski definition) is 0. The Hall–Kier alpha value is -4.44. The maximum Gasteiger partial charge on any atom is 0.255 e. The minimum absolute atomic E-state index is 0.720. The van der Waals surface area contributed by atoms with Crippen molar-refractivity contribution in [3.63, 3.8) is 0 Å². The Kier molecular flexibility index (Phi) is 6.15. The largest absolute Gasteiger partial charge is 0.487 e. The standard InChI is InChI=1S/C33H30N3O/c1-3-4-23-37-31-21-20-26(27-17-12-22-35(2)32(27)31)25-15-8-9-16-28(25)33-34-29-18-10-11-19-30(29)36(33)24-13-6-5-7-14-24/h5-22H,3-4,23H2,1-2H3/q+1. The van der Waals surface area contributed by atoms with Gasteiger partial charge in [-0.05, 0) is 60.0 Å². The first kappa shape index (κ1) is 23.0. The number of aromatic nitrogens is 3. The summed E-state index contributed by atoms with van der Waals surface area (Å²) in [5, 5.41) is 1.16. The monoisotopic (exact) mass is 484 g/mol. The second-order valence-corrected chi connectivity index (χ2v) is 9.34. The molecule has 182 valence electrons. The highest BCUT2D eigenvalue weighted by Gasteiger charge is 2.21. The minimum atomic E-state index is 0.720. The van der Waals surface area contributed by atoms with E-state index < -0.39 is 0 Å². The molecule has 6 aromatic rings. The van der Waals surface area contributed by atoms with E-state index in [1.807, 2.05) is 12.1 Å². The highest BCUT2D eigenvalue weighted by atomic mass is 16.5. The van der Waals surface area contributed by atoms with Gasteiger partial charge in [-0.25, -0.2) is 4.98 Å². The molecule has 2 aromatic heterocycles. The molecule has 4 aromatic carbocycles. The summed E-state index contributed by atoms with van der Waals surface area (Å²) < 4.78 is 10.6. The van der Waals surface area contributed by atoms with Gasteiger partial charge >= 0.3 is 0 Å². The molecule has 0 amide bonds. The van der Waals surface area contributed by atoms with Crippen LogP contribution in [-0.4, -0.2) is 16.2 Å². The first-order valence-electron chi connectivity index (χ1n) is 12.9. The van der Waals surface area contributed by atoms with Crippen LogP contribution in [0.2, 0.25) is 0 Å². The summed E-state index contributed by atoms with van der Waals surface area (Å²) in [7, 11) is 2.08. The maximum absolute atomic E-state index is 6.23. The van der Waals surface area contributed by atoms with E-state index >= 15 is 0 Å². The molecule has 0 fully saturated rings. The molecule has 6 rings (SSSR count). The minimum Gasteiger partial charge on any atom is -0.487 e. The summed E-state index contributed by atoms with van der Waals surface area (Å²) in [6.07, 6.45) is 4.23. The number of unbranched alkanes of at least 4 members (excludes halogenated alkanes) is 1. The van der Waals surface area contributed by atoms with E-state index in [4.69, 9.17) is 9.72 Å². The molecule has 0 saturated carbocycles. The zero-order valence-corrected chi connectivity index (χ0v) is 21.3. The molecule has 0 radical (unpaired) electrons. The summed E-state index contributed by atoms with van der Waals surface area (Å²) in [6, 6.07) is 36.0. The van der Waals surface area contributed by atoms with E-state index in [9.17, 15) is 0 Å². The number of para-hydroxylation sites is 3. The molecule has 0 N–H and O–H groups in total. The molecular formula is C33H30N3O+. The molecule has 2 heterocycles. The summed E-state index contributed by atoms with van der Waals surface area (Å²) in [4.78, 5) is 5.14. The van der Waals surface area contributed by atoms with Gasteiger partial charge in [0.2, 0.25) is 0 Å². The number of nitrogens with zero attached hydrogens (tertiary/aromatic N) is 3. The molecule has 0 unspecified atom stereocenters. The summed E-state index contributed by atoms with van der Waals surface area (Å²) >= 11 is 0. The van der Waals surface area contributed by atoms with Gasteiger partial charge in [0, 0.05) is 17.3 Å². The predicted octanol–water partition coefficient (Wildman–Crippen LogP) is 7.52. The average Bonchev–Trinajstić information content (AvgIpc) is 3.33. The predicted molar refractivity (Wildman–Crippen MR) is 151 cm³/mol. The van der Waals surface area contributed by atoms with E-state index in [1.165, 1.54) is 0 Å². The second-order valence-electron chi connectivity index (χ2n) is 9.34. The first-order valence-corrected chi connectivity index (χ1v) is 12.9. The van der Waals surface area contributed by atoms with Gasteiger partial charge in [-0.15, -0.1) is 0 Å². The number of rotatable bonds is 7. The quantitative estimate of drug-likeness (QED) is 0.173. The fraction of sp³-hybridized carbons (Fsp3) is 0.152. The van der Waals surface area contributed by atoms with Crippen LogP contribution in [0.25, 0.3) is 50.1 Å². The van der Waals surface area contributed by atoms with Crippen LogP contribution in [0.3, 0.4) is 0 Å². The Bertz CT molecular complexity index is 1700. The van der Waals surface area contributed by atoms with Crippen LogP contribution in [0.15, 0.2) is 109 Å². The lowest BCUT2D eigenvalue weighted by Gasteiger charge is -2.15.